The Kier molecular flexibility index (Phi) is 4.42. The number of fused-ring (bicyclic) bond motifs is 1. The summed E-state index contributed by atoms with van der Waals surface area (Å²) >= 11 is 0. The molecule has 2 aliphatic rings. The Morgan fingerprint density at radius 2 is 1.72 bits per heavy atom. The molecule has 0 saturated heterocycles. The zero-order valence-electron chi connectivity index (χ0n) is 15.3. The van der Waals surface area contributed by atoms with Gasteiger partial charge < -0.3 is 5.32 Å². The first kappa shape index (κ1) is 18.8. The van der Waals surface area contributed by atoms with E-state index in [0.29, 0.717) is 9.99 Å². The van der Waals surface area contributed by atoms with Gasteiger partial charge in [-0.2, -0.15) is 10.1 Å². The second-order valence-electron chi connectivity index (χ2n) is 6.53. The van der Waals surface area contributed by atoms with Crippen molar-refractivity contribution < 1.29 is 22.8 Å². The maximum absolute atomic E-state index is 12.7. The molecule has 10 heteroatoms. The van der Waals surface area contributed by atoms with Crippen molar-refractivity contribution in [2.24, 2.45) is 5.10 Å². The van der Waals surface area contributed by atoms with Crippen molar-refractivity contribution in [3.8, 4) is 0 Å². The van der Waals surface area contributed by atoms with E-state index in [2.05, 4.69) is 10.4 Å². The van der Waals surface area contributed by atoms with Gasteiger partial charge in [0, 0.05) is 0 Å². The molecule has 0 radical (unpaired) electrons. The number of nitrogens with zero attached hydrogens (tertiary/aromatic N) is 3. The van der Waals surface area contributed by atoms with Crippen molar-refractivity contribution >= 4 is 39.3 Å². The van der Waals surface area contributed by atoms with E-state index in [1.165, 1.54) is 25.1 Å². The van der Waals surface area contributed by atoms with E-state index in [4.69, 9.17) is 0 Å². The van der Waals surface area contributed by atoms with Crippen LogP contribution in [-0.4, -0.2) is 42.3 Å². The van der Waals surface area contributed by atoms with Gasteiger partial charge in [-0.15, -0.1) is 0 Å². The van der Waals surface area contributed by atoms with Gasteiger partial charge in [-0.05, 0) is 31.2 Å². The van der Waals surface area contributed by atoms with Crippen LogP contribution >= 0.6 is 0 Å². The molecule has 3 amide bonds. The highest BCUT2D eigenvalue weighted by Gasteiger charge is 2.46. The number of nitrogens with one attached hydrogen (secondary N) is 1. The summed E-state index contributed by atoms with van der Waals surface area (Å²) in [7, 11) is -4.13. The van der Waals surface area contributed by atoms with Gasteiger partial charge in [0.2, 0.25) is 5.91 Å². The molecule has 2 heterocycles. The third-order valence-corrected chi connectivity index (χ3v) is 6.54. The topological polar surface area (TPSA) is 116 Å². The summed E-state index contributed by atoms with van der Waals surface area (Å²) in [5, 5.41) is 7.72. The first-order valence-electron chi connectivity index (χ1n) is 8.75. The third kappa shape index (κ3) is 3.07. The van der Waals surface area contributed by atoms with Crippen molar-refractivity contribution in [2.45, 2.75) is 24.3 Å². The molecular weight excluding hydrogens is 396 g/mol. The molecule has 1 atom stereocenters. The fourth-order valence-corrected chi connectivity index (χ4v) is 4.93. The van der Waals surface area contributed by atoms with Crippen molar-refractivity contribution in [2.75, 3.05) is 5.01 Å². The van der Waals surface area contributed by atoms with E-state index in [9.17, 15) is 22.8 Å². The first-order valence-corrected chi connectivity index (χ1v) is 10.2. The maximum Gasteiger partial charge on any atom is 0.269 e. The monoisotopic (exact) mass is 412 g/mol. The number of hydrogen-bond acceptors (Lipinski definition) is 6. The first-order chi connectivity index (χ1) is 13.8. The predicted molar refractivity (Wildman–Crippen MR) is 103 cm³/mol. The molecule has 0 spiro atoms. The largest absolute Gasteiger partial charge is 0.310 e. The number of anilines is 1. The van der Waals surface area contributed by atoms with Crippen LogP contribution in [0.1, 0.15) is 23.7 Å². The number of amidine groups is 1. The number of carbonyl (C=O) groups is 3. The van der Waals surface area contributed by atoms with E-state index in [0.717, 1.165) is 5.01 Å². The van der Waals surface area contributed by atoms with Crippen molar-refractivity contribution in [1.82, 2.24) is 9.62 Å². The minimum Gasteiger partial charge on any atom is -0.310 e. The SMILES string of the molecule is C[C@@H](C(=O)NC1=NN(c2ccccc2)C(=O)C1)N1C(=O)c2ccccc2S1(=O)=O. The van der Waals surface area contributed by atoms with Gasteiger partial charge in [-0.3, -0.25) is 14.4 Å². The number of sulfonamides is 1. The molecule has 2 aliphatic heterocycles. The minimum atomic E-state index is -4.13. The molecule has 0 bridgehead atoms. The normalized spacial score (nSPS) is 18.4. The molecule has 0 saturated carbocycles. The van der Waals surface area contributed by atoms with E-state index in [-0.39, 0.29) is 28.6 Å². The quantitative estimate of drug-likeness (QED) is 0.810. The van der Waals surface area contributed by atoms with Gasteiger partial charge in [-0.25, -0.2) is 12.7 Å². The number of carbonyl (C=O) groups excluding carboxylic acids is 3. The lowest BCUT2D eigenvalue weighted by Crippen LogP contribution is -2.49. The number of hydrogen-bond donors (Lipinski definition) is 1. The Morgan fingerprint density at radius 3 is 2.41 bits per heavy atom. The maximum atomic E-state index is 12.7. The van der Waals surface area contributed by atoms with Gasteiger partial charge in [-0.1, -0.05) is 30.3 Å². The van der Waals surface area contributed by atoms with Crippen LogP contribution in [0.5, 0.6) is 0 Å². The number of benzene rings is 2. The van der Waals surface area contributed by atoms with Gasteiger partial charge in [0.25, 0.3) is 21.8 Å². The molecule has 148 valence electrons. The van der Waals surface area contributed by atoms with E-state index in [1.54, 1.807) is 36.4 Å². The highest BCUT2D eigenvalue weighted by molar-refractivity contribution is 7.90. The van der Waals surface area contributed by atoms with Crippen LogP contribution in [-0.2, 0) is 19.6 Å². The predicted octanol–water partition coefficient (Wildman–Crippen LogP) is 1.09. The average Bonchev–Trinajstić information content (AvgIpc) is 3.17. The number of hydrazone groups is 1. The van der Waals surface area contributed by atoms with Crippen LogP contribution in [0.4, 0.5) is 5.69 Å². The van der Waals surface area contributed by atoms with Crippen LogP contribution < -0.4 is 10.3 Å². The summed E-state index contributed by atoms with van der Waals surface area (Å²) in [5.74, 6) is -1.77. The smallest absolute Gasteiger partial charge is 0.269 e. The number of amides is 3. The fourth-order valence-electron chi connectivity index (χ4n) is 3.21. The summed E-state index contributed by atoms with van der Waals surface area (Å²) < 4.78 is 26.0. The molecule has 0 aliphatic carbocycles. The van der Waals surface area contributed by atoms with Crippen molar-refractivity contribution in [3.63, 3.8) is 0 Å². The molecule has 0 fully saturated rings. The number of para-hydroxylation sites is 1. The lowest BCUT2D eigenvalue weighted by Gasteiger charge is -2.22. The molecule has 0 unspecified atom stereocenters. The summed E-state index contributed by atoms with van der Waals surface area (Å²) in [6.45, 7) is 1.31. The Morgan fingerprint density at radius 1 is 1.07 bits per heavy atom. The van der Waals surface area contributed by atoms with Gasteiger partial charge in [0.15, 0.2) is 0 Å². The highest BCUT2D eigenvalue weighted by Crippen LogP contribution is 2.31. The second-order valence-corrected chi connectivity index (χ2v) is 8.32. The Labute approximate surface area is 166 Å². The minimum absolute atomic E-state index is 0.0239. The lowest BCUT2D eigenvalue weighted by atomic mass is 10.2. The molecule has 4 rings (SSSR count). The molecule has 0 aromatic heterocycles. The highest BCUT2D eigenvalue weighted by atomic mass is 32.2. The summed E-state index contributed by atoms with van der Waals surface area (Å²) in [6, 6.07) is 13.2. The standard InChI is InChI=1S/C19H16N4O5S/c1-12(23-19(26)14-9-5-6-10-15(14)29(23,27)28)18(25)20-16-11-17(24)22(21-16)13-7-3-2-4-8-13/h2-10,12H,11H2,1H3,(H,20,21,25)/t12-/m0/s1. The van der Waals surface area contributed by atoms with Gasteiger partial charge in [0.05, 0.1) is 17.7 Å². The molecule has 2 aromatic carbocycles. The molecule has 1 N–H and O–H groups in total. The zero-order valence-corrected chi connectivity index (χ0v) is 16.1. The number of rotatable bonds is 3. The van der Waals surface area contributed by atoms with Crippen molar-refractivity contribution in [3.05, 3.63) is 60.2 Å². The molecule has 29 heavy (non-hydrogen) atoms. The van der Waals surface area contributed by atoms with Crippen LogP contribution in [0, 0.1) is 0 Å². The third-order valence-electron chi connectivity index (χ3n) is 4.63. The molecule has 9 nitrogen and oxygen atoms in total. The van der Waals surface area contributed by atoms with Gasteiger partial charge in [0.1, 0.15) is 16.8 Å². The molecule has 2 aromatic rings. The summed E-state index contributed by atoms with van der Waals surface area (Å²) in [6.07, 6.45) is -0.145. The average molecular weight is 412 g/mol. The van der Waals surface area contributed by atoms with E-state index < -0.39 is 27.9 Å². The summed E-state index contributed by atoms with van der Waals surface area (Å²) in [5.41, 5.74) is 0.568. The fraction of sp³-hybridized carbons (Fsp3) is 0.158. The van der Waals surface area contributed by atoms with Crippen LogP contribution in [0.15, 0.2) is 64.6 Å². The Balaban J connectivity index is 1.54. The zero-order chi connectivity index (χ0) is 20.8. The Hall–Kier alpha value is -3.53. The molecular formula is C19H16N4O5S. The van der Waals surface area contributed by atoms with Crippen molar-refractivity contribution in [1.29, 1.82) is 0 Å². The summed E-state index contributed by atoms with van der Waals surface area (Å²) in [4.78, 5) is 37.3. The lowest BCUT2D eigenvalue weighted by molar-refractivity contribution is -0.122. The van der Waals surface area contributed by atoms with Crippen LogP contribution in [0.3, 0.4) is 0 Å². The van der Waals surface area contributed by atoms with Crippen LogP contribution in [0.25, 0.3) is 0 Å². The van der Waals surface area contributed by atoms with Gasteiger partial charge >= 0.3 is 0 Å². The van der Waals surface area contributed by atoms with E-state index in [1.807, 2.05) is 0 Å². The van der Waals surface area contributed by atoms with E-state index >= 15 is 0 Å². The van der Waals surface area contributed by atoms with Crippen LogP contribution in [0.2, 0.25) is 0 Å². The second kappa shape index (κ2) is 6.82. The Bertz CT molecular complexity index is 1160.